The number of hydrogen-bond donors (Lipinski definition) is 0. The Morgan fingerprint density at radius 3 is 0.695 bits per heavy atom. The number of hydrogen-bond acceptors (Lipinski definition) is 9. The summed E-state index contributed by atoms with van der Waals surface area (Å²) in [6, 6.07) is 13.2. The van der Waals surface area contributed by atoms with Crippen LogP contribution >= 0.6 is 56.7 Å². The van der Waals surface area contributed by atoms with Gasteiger partial charge < -0.3 is 19.6 Å². The predicted molar refractivity (Wildman–Crippen MR) is 459 cm³/mol. The van der Waals surface area contributed by atoms with Crippen LogP contribution in [0.25, 0.3) is 41.6 Å². The van der Waals surface area contributed by atoms with E-state index in [-0.39, 0.29) is 23.6 Å². The van der Waals surface area contributed by atoms with Gasteiger partial charge in [0.2, 0.25) is 0 Å². The standard InChI is InChI=1S/C92H140N4O4S5/c1-9-17-25-33-37-45-55-69(51-41-29-21-13-5)65-93-83(73-59-49-61-101-73)79-81(91(93)99)85(95(89(79)97)67-71(53-43-31-23-15-7)57-47-39-35-27-19-11-3)75-63-77-87(104-75)88-78(103-77)64-76(105-88)86-82-80(90(98)96(86)68-72(54-44-32-24-16-8)58-48-40-36-28-20-12-4)84(74-60-50-62-102-74)94(92(82)100)66-70(52-42-30-22-14-6)56-46-38-34-26-18-10-2/h49-50,59-64,69-72H,9-48,51-58,65-68H2,1-8H3. The lowest BCUT2D eigenvalue weighted by atomic mass is 9.93. The topological polar surface area (TPSA) is 81.2 Å². The van der Waals surface area contributed by atoms with Crippen LogP contribution in [-0.2, 0) is 19.2 Å². The molecule has 5 aromatic heterocycles. The van der Waals surface area contributed by atoms with E-state index < -0.39 is 0 Å². The first-order valence-electron chi connectivity index (χ1n) is 43.8. The number of carbonyl (C=O) groups excluding carboxylic acids is 4. The fraction of sp³-hybridized carbons (Fsp3) is 0.696. The maximum Gasteiger partial charge on any atom is 0.261 e. The maximum absolute atomic E-state index is 16.3. The van der Waals surface area contributed by atoms with Crippen LogP contribution in [0.4, 0.5) is 0 Å². The van der Waals surface area contributed by atoms with Gasteiger partial charge in [-0.3, -0.25) is 19.2 Å². The smallest absolute Gasteiger partial charge is 0.261 e. The zero-order chi connectivity index (χ0) is 74.1. The van der Waals surface area contributed by atoms with Gasteiger partial charge in [0.05, 0.1) is 74.0 Å². The van der Waals surface area contributed by atoms with Gasteiger partial charge in [0, 0.05) is 35.6 Å². The average molecular weight is 1530 g/mol. The molecule has 0 fully saturated rings. The molecule has 8 nitrogen and oxygen atoms in total. The van der Waals surface area contributed by atoms with Gasteiger partial charge in [0.1, 0.15) is 0 Å². The van der Waals surface area contributed by atoms with Crippen molar-refractivity contribution in [3.05, 3.63) is 89.0 Å². The molecule has 4 unspecified atom stereocenters. The molecule has 5 aromatic rings. The van der Waals surface area contributed by atoms with Gasteiger partial charge >= 0.3 is 0 Å². The molecule has 0 aromatic carbocycles. The van der Waals surface area contributed by atoms with Crippen molar-refractivity contribution in [2.24, 2.45) is 23.7 Å². The van der Waals surface area contributed by atoms with Crippen LogP contribution in [0.3, 0.4) is 0 Å². The van der Waals surface area contributed by atoms with Gasteiger partial charge in [-0.15, -0.1) is 56.7 Å². The van der Waals surface area contributed by atoms with E-state index in [1.165, 1.54) is 241 Å². The quantitative estimate of drug-likeness (QED) is 0.0363. The Morgan fingerprint density at radius 1 is 0.267 bits per heavy atom. The Labute approximate surface area is 658 Å². The molecular formula is C92H140N4O4S5. The molecular weight excluding hydrogens is 1390 g/mol. The van der Waals surface area contributed by atoms with Crippen LogP contribution in [0.1, 0.15) is 383 Å². The van der Waals surface area contributed by atoms with Crippen LogP contribution < -0.4 is 0 Å². The first kappa shape index (κ1) is 84.9. The molecule has 13 heteroatoms. The lowest BCUT2D eigenvalue weighted by Crippen LogP contribution is -2.34. The molecule has 0 saturated heterocycles. The number of unbranched alkanes of at least 4 members (excludes halogenated alkanes) is 32. The zero-order valence-electron chi connectivity index (χ0n) is 67.2. The van der Waals surface area contributed by atoms with E-state index in [0.29, 0.717) is 72.1 Å². The number of carbonyl (C=O) groups is 4. The van der Waals surface area contributed by atoms with Crippen molar-refractivity contribution in [2.45, 2.75) is 364 Å². The molecule has 4 aliphatic heterocycles. The van der Waals surface area contributed by atoms with Crippen LogP contribution in [0.5, 0.6) is 0 Å². The van der Waals surface area contributed by atoms with Gasteiger partial charge in [-0.25, -0.2) is 0 Å². The van der Waals surface area contributed by atoms with Crippen LogP contribution in [0, 0.1) is 23.7 Å². The van der Waals surface area contributed by atoms with Crippen LogP contribution in [-0.4, -0.2) is 69.4 Å². The molecule has 0 bridgehead atoms. The highest BCUT2D eigenvalue weighted by molar-refractivity contribution is 7.39. The molecule has 4 atom stereocenters. The third-order valence-electron chi connectivity index (χ3n) is 23.7. The SMILES string of the molecule is CCCCCCCCC(CCCCCC)CN1C(=O)C2=C(c3cc4sc5cc(C6=C7C(=O)N(CC(CCCCCC)CCCCCCCC)C(c8cccs8)=C7C(=O)N6CC(CCCCCC)CCCCCCCC)sc5c4s3)N(CC(CCCCCC)CCCCCCCC)C(=O)C2=C1c1cccs1. The molecule has 0 N–H and O–H groups in total. The molecule has 582 valence electrons. The second-order valence-electron chi connectivity index (χ2n) is 32.3. The summed E-state index contributed by atoms with van der Waals surface area (Å²) in [6.07, 6.45) is 57.7. The highest BCUT2D eigenvalue weighted by Crippen LogP contribution is 2.55. The third kappa shape index (κ3) is 23.5. The number of nitrogens with zero attached hydrogens (tertiary/aromatic N) is 4. The van der Waals surface area contributed by atoms with Crippen molar-refractivity contribution < 1.29 is 19.2 Å². The first-order valence-corrected chi connectivity index (χ1v) is 48.1. The van der Waals surface area contributed by atoms with Crippen LogP contribution in [0.2, 0.25) is 0 Å². The minimum Gasteiger partial charge on any atom is -0.306 e. The molecule has 4 amide bonds. The Bertz CT molecular complexity index is 3310. The van der Waals surface area contributed by atoms with Crippen LogP contribution in [0.15, 0.2) is 69.5 Å². The molecule has 4 aliphatic rings. The molecule has 0 saturated carbocycles. The highest BCUT2D eigenvalue weighted by atomic mass is 32.1. The average Bonchev–Trinajstić information content (AvgIpc) is 1.55. The largest absolute Gasteiger partial charge is 0.306 e. The lowest BCUT2D eigenvalue weighted by molar-refractivity contribution is -0.124. The summed E-state index contributed by atoms with van der Waals surface area (Å²) in [5.41, 5.74) is 5.81. The Balaban J connectivity index is 1.17. The fourth-order valence-electron chi connectivity index (χ4n) is 17.5. The minimum absolute atomic E-state index is 0.00216. The van der Waals surface area contributed by atoms with Gasteiger partial charge in [-0.05, 0) is 110 Å². The number of amides is 4. The van der Waals surface area contributed by atoms with Crippen molar-refractivity contribution >= 4 is 122 Å². The Kier molecular flexibility index (Phi) is 37.6. The number of fused-ring (bicyclic) bond motifs is 5. The van der Waals surface area contributed by atoms with E-state index in [1.54, 1.807) is 56.7 Å². The van der Waals surface area contributed by atoms with E-state index >= 15 is 19.2 Å². The summed E-state index contributed by atoms with van der Waals surface area (Å²) >= 11 is 8.64. The third-order valence-corrected chi connectivity index (χ3v) is 29.2. The van der Waals surface area contributed by atoms with Gasteiger partial charge in [0.15, 0.2) is 0 Å². The molecule has 105 heavy (non-hydrogen) atoms. The van der Waals surface area contributed by atoms with Gasteiger partial charge in [-0.1, -0.05) is 324 Å². The van der Waals surface area contributed by atoms with E-state index in [9.17, 15) is 0 Å². The second-order valence-corrected chi connectivity index (χ2v) is 37.4. The van der Waals surface area contributed by atoms with Gasteiger partial charge in [0.25, 0.3) is 23.6 Å². The predicted octanol–water partition coefficient (Wildman–Crippen LogP) is 29.3. The molecule has 0 spiro atoms. The zero-order valence-corrected chi connectivity index (χ0v) is 71.2. The van der Waals surface area contributed by atoms with Crippen molar-refractivity contribution in [3.63, 3.8) is 0 Å². The summed E-state index contributed by atoms with van der Waals surface area (Å²) in [6.45, 7) is 20.8. The van der Waals surface area contributed by atoms with Crippen molar-refractivity contribution in [3.8, 4) is 0 Å². The fourth-order valence-corrected chi connectivity index (χ4v) is 23.3. The lowest BCUT2D eigenvalue weighted by Gasteiger charge is -2.29. The number of thiophene rings is 5. The Morgan fingerprint density at radius 2 is 0.476 bits per heavy atom. The molecule has 9 rings (SSSR count). The monoisotopic (exact) mass is 1520 g/mol. The van der Waals surface area contributed by atoms with E-state index in [0.717, 1.165) is 129 Å². The van der Waals surface area contributed by atoms with Gasteiger partial charge in [-0.2, -0.15) is 0 Å². The first-order chi connectivity index (χ1) is 51.5. The minimum atomic E-state index is 0.00216. The summed E-state index contributed by atoms with van der Waals surface area (Å²) < 4.78 is 4.67. The summed E-state index contributed by atoms with van der Waals surface area (Å²) in [7, 11) is 0. The van der Waals surface area contributed by atoms with E-state index in [2.05, 4.69) is 122 Å². The summed E-state index contributed by atoms with van der Waals surface area (Å²) in [4.78, 5) is 77.5. The summed E-state index contributed by atoms with van der Waals surface area (Å²) in [5, 5.41) is 4.24. The highest BCUT2D eigenvalue weighted by Gasteiger charge is 2.52. The van der Waals surface area contributed by atoms with E-state index in [4.69, 9.17) is 0 Å². The molecule has 0 radical (unpaired) electrons. The Hall–Kier alpha value is -4.14. The second kappa shape index (κ2) is 46.5. The summed E-state index contributed by atoms with van der Waals surface area (Å²) in [5.74, 6) is 1.35. The van der Waals surface area contributed by atoms with Crippen molar-refractivity contribution in [1.29, 1.82) is 0 Å². The van der Waals surface area contributed by atoms with Crippen molar-refractivity contribution in [2.75, 3.05) is 26.2 Å². The normalized spacial score (nSPS) is 16.2. The number of rotatable bonds is 60. The van der Waals surface area contributed by atoms with Crippen molar-refractivity contribution in [1.82, 2.24) is 19.6 Å². The molecule has 9 heterocycles. The van der Waals surface area contributed by atoms with E-state index in [1.807, 2.05) is 0 Å². The maximum atomic E-state index is 16.3. The molecule has 0 aliphatic carbocycles.